The van der Waals surface area contributed by atoms with Crippen molar-refractivity contribution in [3.63, 3.8) is 0 Å². The average molecular weight is 210 g/mol. The van der Waals surface area contributed by atoms with Gasteiger partial charge in [0.25, 0.3) is 0 Å². The van der Waals surface area contributed by atoms with Crippen molar-refractivity contribution < 1.29 is 4.79 Å². The van der Waals surface area contributed by atoms with E-state index in [9.17, 15) is 0 Å². The number of hydrogen-bond donors (Lipinski definition) is 0. The van der Waals surface area contributed by atoms with E-state index >= 15 is 0 Å². The maximum atomic E-state index is 9.11. The monoisotopic (exact) mass is 210 g/mol. The first-order valence-corrected chi connectivity index (χ1v) is 5.47. The Balaban J connectivity index is 2.33. The van der Waals surface area contributed by atoms with Crippen LogP contribution >= 0.6 is 0 Å². The topological polar surface area (TPSA) is 36.4 Å². The van der Waals surface area contributed by atoms with Crippen molar-refractivity contribution in [1.29, 1.82) is 0 Å². The normalized spacial score (nSPS) is 18.8. The smallest absolute Gasteiger partial charge is 0.329 e. The Morgan fingerprint density at radius 1 is 1.31 bits per heavy atom. The molecular formula is C14H14N2. The van der Waals surface area contributed by atoms with Crippen LogP contribution in [0.25, 0.3) is 5.53 Å². The Hall–Kier alpha value is -1.92. The minimum absolute atomic E-state index is 0.569. The molecule has 1 aromatic rings. The first-order valence-electron chi connectivity index (χ1n) is 5.47. The highest BCUT2D eigenvalue weighted by molar-refractivity contribution is 6.10. The van der Waals surface area contributed by atoms with Crippen molar-refractivity contribution in [2.24, 2.45) is 5.92 Å². The van der Waals surface area contributed by atoms with Crippen LogP contribution in [-0.2, 0) is 0 Å². The van der Waals surface area contributed by atoms with Crippen LogP contribution in [0.1, 0.15) is 18.9 Å². The van der Waals surface area contributed by atoms with Gasteiger partial charge < -0.3 is 5.53 Å². The summed E-state index contributed by atoms with van der Waals surface area (Å²) in [6.45, 7) is 2.17. The lowest BCUT2D eigenvalue weighted by atomic mass is 9.93. The fourth-order valence-corrected chi connectivity index (χ4v) is 1.78. The molecule has 1 unspecified atom stereocenters. The number of rotatable bonds is 2. The van der Waals surface area contributed by atoms with Gasteiger partial charge >= 0.3 is 5.71 Å². The standard InChI is InChI=1S/C14H14N2/c1-11-7-9-13(10-8-11)14(16-15)12-5-3-2-4-6-12/h2-7,9-11H,8H2,1H3. The third-order valence-corrected chi connectivity index (χ3v) is 2.73. The maximum absolute atomic E-state index is 9.11. The van der Waals surface area contributed by atoms with Gasteiger partial charge in [-0.2, -0.15) is 4.79 Å². The molecule has 1 aliphatic carbocycles. The van der Waals surface area contributed by atoms with Gasteiger partial charge in [0, 0.05) is 0 Å². The van der Waals surface area contributed by atoms with Gasteiger partial charge in [-0.05, 0) is 24.5 Å². The molecule has 0 N–H and O–H groups in total. The zero-order chi connectivity index (χ0) is 11.4. The molecule has 0 heterocycles. The molecule has 2 nitrogen and oxygen atoms in total. The molecule has 1 atom stereocenters. The van der Waals surface area contributed by atoms with Gasteiger partial charge in [-0.3, -0.25) is 0 Å². The highest BCUT2D eigenvalue weighted by Gasteiger charge is 2.17. The highest BCUT2D eigenvalue weighted by atomic mass is 14.9. The summed E-state index contributed by atoms with van der Waals surface area (Å²) in [7, 11) is 0. The van der Waals surface area contributed by atoms with Gasteiger partial charge in [-0.15, -0.1) is 0 Å². The molecule has 2 rings (SSSR count). The van der Waals surface area contributed by atoms with Crippen LogP contribution in [-0.4, -0.2) is 10.5 Å². The van der Waals surface area contributed by atoms with Crippen molar-refractivity contribution in [2.75, 3.05) is 0 Å². The SMILES string of the molecule is CC1C=CC(C(=[N+]=[N-])c2ccccc2)=CC1. The zero-order valence-corrected chi connectivity index (χ0v) is 9.30. The summed E-state index contributed by atoms with van der Waals surface area (Å²) in [6.07, 6.45) is 7.28. The quantitative estimate of drug-likeness (QED) is 0.408. The summed E-state index contributed by atoms with van der Waals surface area (Å²) < 4.78 is 0. The van der Waals surface area contributed by atoms with Gasteiger partial charge in [0.2, 0.25) is 0 Å². The molecule has 80 valence electrons. The molecule has 0 saturated carbocycles. The van der Waals surface area contributed by atoms with Gasteiger partial charge in [0.15, 0.2) is 0 Å². The lowest BCUT2D eigenvalue weighted by molar-refractivity contribution is -0.00290. The minimum Gasteiger partial charge on any atom is -0.361 e. The molecule has 0 fully saturated rings. The predicted molar refractivity (Wildman–Crippen MR) is 65.2 cm³/mol. The van der Waals surface area contributed by atoms with Crippen molar-refractivity contribution in [3.05, 3.63) is 65.2 Å². The molecule has 1 aliphatic rings. The van der Waals surface area contributed by atoms with Crippen LogP contribution in [0, 0.1) is 5.92 Å². The molecule has 0 aromatic heterocycles. The average Bonchev–Trinajstić information content (AvgIpc) is 2.34. The summed E-state index contributed by atoms with van der Waals surface area (Å²) >= 11 is 0. The van der Waals surface area contributed by atoms with Gasteiger partial charge in [0.05, 0.1) is 11.1 Å². The Labute approximate surface area is 95.5 Å². The van der Waals surface area contributed by atoms with Crippen molar-refractivity contribution in [3.8, 4) is 0 Å². The van der Waals surface area contributed by atoms with E-state index in [1.165, 1.54) is 0 Å². The fourth-order valence-electron chi connectivity index (χ4n) is 1.78. The van der Waals surface area contributed by atoms with E-state index in [-0.39, 0.29) is 0 Å². The Kier molecular flexibility index (Phi) is 3.13. The second kappa shape index (κ2) is 4.73. The third kappa shape index (κ3) is 2.18. The summed E-state index contributed by atoms with van der Waals surface area (Å²) in [5.41, 5.74) is 11.7. The van der Waals surface area contributed by atoms with E-state index in [1.807, 2.05) is 36.4 Å². The van der Waals surface area contributed by atoms with E-state index in [4.69, 9.17) is 5.53 Å². The van der Waals surface area contributed by atoms with Crippen molar-refractivity contribution in [2.45, 2.75) is 13.3 Å². The minimum atomic E-state index is 0.569. The van der Waals surface area contributed by atoms with Gasteiger partial charge in [-0.25, -0.2) is 0 Å². The first-order chi connectivity index (χ1) is 7.81. The van der Waals surface area contributed by atoms with Crippen LogP contribution in [0.3, 0.4) is 0 Å². The highest BCUT2D eigenvalue weighted by Crippen LogP contribution is 2.18. The molecule has 0 spiro atoms. The van der Waals surface area contributed by atoms with Crippen LogP contribution in [0.5, 0.6) is 0 Å². The van der Waals surface area contributed by atoms with Gasteiger partial charge in [-0.1, -0.05) is 43.4 Å². The van der Waals surface area contributed by atoms with E-state index < -0.39 is 0 Å². The second-order valence-electron chi connectivity index (χ2n) is 4.05. The number of benzene rings is 1. The summed E-state index contributed by atoms with van der Waals surface area (Å²) in [4.78, 5) is 3.40. The molecule has 2 heteroatoms. The van der Waals surface area contributed by atoms with E-state index in [1.54, 1.807) is 0 Å². The molecule has 0 aliphatic heterocycles. The van der Waals surface area contributed by atoms with E-state index in [0.29, 0.717) is 11.6 Å². The molecule has 0 bridgehead atoms. The Bertz CT molecular complexity index is 477. The zero-order valence-electron chi connectivity index (χ0n) is 9.30. The van der Waals surface area contributed by atoms with Crippen LogP contribution in [0.2, 0.25) is 0 Å². The summed E-state index contributed by atoms with van der Waals surface area (Å²) in [5.74, 6) is 0.569. The lowest BCUT2D eigenvalue weighted by Gasteiger charge is -2.08. The van der Waals surface area contributed by atoms with Crippen LogP contribution < -0.4 is 0 Å². The van der Waals surface area contributed by atoms with Gasteiger partial charge in [0.1, 0.15) is 0 Å². The predicted octanol–water partition coefficient (Wildman–Crippen LogP) is 3.23. The molecule has 0 saturated heterocycles. The molecular weight excluding hydrogens is 196 g/mol. The Morgan fingerprint density at radius 3 is 2.62 bits per heavy atom. The maximum Gasteiger partial charge on any atom is 0.329 e. The largest absolute Gasteiger partial charge is 0.361 e. The molecule has 1 aromatic carbocycles. The van der Waals surface area contributed by atoms with E-state index in [2.05, 4.69) is 23.9 Å². The first kappa shape index (κ1) is 10.6. The number of nitrogens with zero attached hydrogens (tertiary/aromatic N) is 2. The summed E-state index contributed by atoms with van der Waals surface area (Å²) in [5, 5.41) is 0. The number of allylic oxidation sites excluding steroid dienone is 4. The second-order valence-corrected chi connectivity index (χ2v) is 4.05. The van der Waals surface area contributed by atoms with Crippen LogP contribution in [0.4, 0.5) is 0 Å². The Morgan fingerprint density at radius 2 is 2.06 bits per heavy atom. The van der Waals surface area contributed by atoms with Crippen LogP contribution in [0.15, 0.2) is 54.1 Å². The number of hydrogen-bond acceptors (Lipinski definition) is 0. The lowest BCUT2D eigenvalue weighted by Crippen LogP contribution is -2.08. The molecule has 0 amide bonds. The van der Waals surface area contributed by atoms with Crippen molar-refractivity contribution in [1.82, 2.24) is 0 Å². The van der Waals surface area contributed by atoms with Crippen molar-refractivity contribution >= 4 is 5.71 Å². The summed E-state index contributed by atoms with van der Waals surface area (Å²) in [6, 6.07) is 9.72. The fraction of sp³-hybridized carbons (Fsp3) is 0.214. The molecule has 16 heavy (non-hydrogen) atoms. The van der Waals surface area contributed by atoms with E-state index in [0.717, 1.165) is 17.6 Å². The molecule has 0 radical (unpaired) electrons. The third-order valence-electron chi connectivity index (χ3n) is 2.73.